The molecule has 4 heteroatoms. The number of hydrogen-bond acceptors (Lipinski definition) is 2. The minimum absolute atomic E-state index is 0.0388. The second kappa shape index (κ2) is 12.3. The average Bonchev–Trinajstić information content (AvgIpc) is 3.12. The summed E-state index contributed by atoms with van der Waals surface area (Å²) in [6.07, 6.45) is 4.91. The molecule has 0 aliphatic carbocycles. The van der Waals surface area contributed by atoms with Crippen LogP contribution in [0.1, 0.15) is 96.9 Å². The third-order valence-electron chi connectivity index (χ3n) is 6.65. The van der Waals surface area contributed by atoms with Gasteiger partial charge in [-0.15, -0.1) is 11.3 Å². The molecule has 0 bridgehead atoms. The van der Waals surface area contributed by atoms with Crippen LogP contribution in [-0.2, 0) is 17.3 Å². The van der Waals surface area contributed by atoms with Crippen molar-refractivity contribution >= 4 is 21.4 Å². The van der Waals surface area contributed by atoms with Crippen LogP contribution in [0.5, 0.6) is 0 Å². The first-order chi connectivity index (χ1) is 14.7. The van der Waals surface area contributed by atoms with E-state index >= 15 is 0 Å². The monoisotopic (exact) mass is 452 g/mol. The van der Waals surface area contributed by atoms with Crippen molar-refractivity contribution in [3.8, 4) is 0 Å². The van der Waals surface area contributed by atoms with E-state index in [1.165, 1.54) is 36.6 Å². The predicted octanol–water partition coefficient (Wildman–Crippen LogP) is 9.58. The largest absolute Gasteiger partial charge is 0.383 e. The second-order valence-electron chi connectivity index (χ2n) is 9.66. The molecule has 4 unspecified atom stereocenters. The van der Waals surface area contributed by atoms with Crippen LogP contribution in [-0.4, -0.2) is 6.10 Å². The fourth-order valence-electron chi connectivity index (χ4n) is 4.27. The van der Waals surface area contributed by atoms with Crippen LogP contribution in [0, 0.1) is 17.8 Å². The lowest BCUT2D eigenvalue weighted by atomic mass is 9.85. The molecule has 0 aliphatic rings. The number of halogens is 2. The van der Waals surface area contributed by atoms with E-state index in [0.29, 0.717) is 18.3 Å². The standard InChI is InChI=1S/C27H42F2OS/c1-7-9-19(3)11-12-20(4)21(5)13-14-22(6)30-27(28,29)24-16-15-23-17-25(10-8-2)31-26(23)18-24/h15-22H,7-14H2,1-6H3. The van der Waals surface area contributed by atoms with Crippen molar-refractivity contribution < 1.29 is 13.5 Å². The Morgan fingerprint density at radius 3 is 2.19 bits per heavy atom. The predicted molar refractivity (Wildman–Crippen MR) is 131 cm³/mol. The molecule has 0 saturated heterocycles. The summed E-state index contributed by atoms with van der Waals surface area (Å²) in [5.41, 5.74) is -0.0388. The smallest absolute Gasteiger partial charge is 0.314 e. The summed E-state index contributed by atoms with van der Waals surface area (Å²) in [5.74, 6) is 1.91. The summed E-state index contributed by atoms with van der Waals surface area (Å²) in [7, 11) is 0. The van der Waals surface area contributed by atoms with Gasteiger partial charge in [0.15, 0.2) is 0 Å². The topological polar surface area (TPSA) is 9.23 Å². The first-order valence-electron chi connectivity index (χ1n) is 12.2. The number of fused-ring (bicyclic) bond motifs is 1. The van der Waals surface area contributed by atoms with Gasteiger partial charge in [-0.05, 0) is 67.5 Å². The minimum atomic E-state index is -3.26. The Morgan fingerprint density at radius 2 is 1.55 bits per heavy atom. The van der Waals surface area contributed by atoms with E-state index in [-0.39, 0.29) is 5.56 Å². The number of aryl methyl sites for hydroxylation is 1. The highest BCUT2D eigenvalue weighted by Crippen LogP contribution is 2.36. The van der Waals surface area contributed by atoms with Gasteiger partial charge in [0.05, 0.1) is 11.7 Å². The minimum Gasteiger partial charge on any atom is -0.314 e. The second-order valence-corrected chi connectivity index (χ2v) is 10.8. The maximum atomic E-state index is 14.8. The van der Waals surface area contributed by atoms with Crippen LogP contribution in [0.4, 0.5) is 8.78 Å². The highest BCUT2D eigenvalue weighted by Gasteiger charge is 2.35. The van der Waals surface area contributed by atoms with E-state index in [4.69, 9.17) is 4.74 Å². The Kier molecular flexibility index (Phi) is 10.4. The number of benzene rings is 1. The average molecular weight is 453 g/mol. The van der Waals surface area contributed by atoms with Crippen LogP contribution in [0.3, 0.4) is 0 Å². The van der Waals surface area contributed by atoms with Crippen molar-refractivity contribution in [1.82, 2.24) is 0 Å². The first-order valence-corrected chi connectivity index (χ1v) is 13.1. The lowest BCUT2D eigenvalue weighted by Gasteiger charge is -2.25. The molecular weight excluding hydrogens is 410 g/mol. The fraction of sp³-hybridized carbons (Fsp3) is 0.704. The van der Waals surface area contributed by atoms with Crippen LogP contribution in [0.25, 0.3) is 10.1 Å². The lowest BCUT2D eigenvalue weighted by Crippen LogP contribution is -2.25. The summed E-state index contributed by atoms with van der Waals surface area (Å²) in [6.45, 7) is 13.0. The van der Waals surface area contributed by atoms with Gasteiger partial charge in [0.1, 0.15) is 0 Å². The molecule has 0 amide bonds. The Hall–Kier alpha value is -1.00. The Labute approximate surface area is 192 Å². The Morgan fingerprint density at radius 1 is 0.871 bits per heavy atom. The maximum absolute atomic E-state index is 14.8. The molecule has 4 atom stereocenters. The van der Waals surface area contributed by atoms with E-state index < -0.39 is 12.2 Å². The van der Waals surface area contributed by atoms with E-state index in [9.17, 15) is 8.78 Å². The van der Waals surface area contributed by atoms with Gasteiger partial charge in [0, 0.05) is 9.58 Å². The number of alkyl halides is 2. The van der Waals surface area contributed by atoms with Gasteiger partial charge in [0.25, 0.3) is 0 Å². The molecule has 2 rings (SSSR count). The van der Waals surface area contributed by atoms with Crippen molar-refractivity contribution in [2.45, 2.75) is 105 Å². The summed E-state index contributed by atoms with van der Waals surface area (Å²) in [5, 5.41) is 1.04. The Balaban J connectivity index is 1.87. The van der Waals surface area contributed by atoms with Crippen LogP contribution < -0.4 is 0 Å². The summed E-state index contributed by atoms with van der Waals surface area (Å²) in [4.78, 5) is 1.25. The van der Waals surface area contributed by atoms with Gasteiger partial charge < -0.3 is 4.74 Å². The third kappa shape index (κ3) is 8.13. The van der Waals surface area contributed by atoms with Crippen LogP contribution in [0.15, 0.2) is 24.3 Å². The molecule has 0 radical (unpaired) electrons. The molecule has 0 saturated carbocycles. The summed E-state index contributed by atoms with van der Waals surface area (Å²) >= 11 is 1.61. The molecular formula is C27H42F2OS. The maximum Gasteiger partial charge on any atom is 0.383 e. The molecule has 0 aliphatic heterocycles. The lowest BCUT2D eigenvalue weighted by molar-refractivity contribution is -0.271. The molecule has 1 aromatic heterocycles. The van der Waals surface area contributed by atoms with Crippen molar-refractivity contribution in [3.05, 3.63) is 34.7 Å². The number of ether oxygens (including phenoxy) is 1. The quantitative estimate of drug-likeness (QED) is 0.277. The highest BCUT2D eigenvalue weighted by molar-refractivity contribution is 7.19. The molecule has 1 nitrogen and oxygen atoms in total. The van der Waals surface area contributed by atoms with E-state index in [1.807, 2.05) is 0 Å². The molecule has 2 aromatic rings. The van der Waals surface area contributed by atoms with Gasteiger partial charge in [-0.2, -0.15) is 8.78 Å². The van der Waals surface area contributed by atoms with Crippen molar-refractivity contribution in [1.29, 1.82) is 0 Å². The molecule has 0 spiro atoms. The van der Waals surface area contributed by atoms with Crippen molar-refractivity contribution in [2.24, 2.45) is 17.8 Å². The molecule has 1 heterocycles. The highest BCUT2D eigenvalue weighted by atomic mass is 32.1. The van der Waals surface area contributed by atoms with Gasteiger partial charge in [-0.3, -0.25) is 0 Å². The summed E-state index contributed by atoms with van der Waals surface area (Å²) in [6, 6.07) is 7.03. The molecule has 176 valence electrons. The van der Waals surface area contributed by atoms with Crippen LogP contribution in [0.2, 0.25) is 0 Å². The number of thiophene rings is 1. The van der Waals surface area contributed by atoms with Crippen molar-refractivity contribution in [2.75, 3.05) is 0 Å². The van der Waals surface area contributed by atoms with Gasteiger partial charge >= 0.3 is 6.11 Å². The zero-order valence-electron chi connectivity index (χ0n) is 20.3. The number of hydrogen-bond donors (Lipinski definition) is 0. The SMILES string of the molecule is CCCc1cc2ccc(C(F)(F)OC(C)CCC(C)C(C)CCC(C)CCC)cc2s1. The normalized spacial score (nSPS) is 16.4. The van der Waals surface area contributed by atoms with Crippen LogP contribution >= 0.6 is 11.3 Å². The Bertz CT molecular complexity index is 785. The zero-order chi connectivity index (χ0) is 23.0. The summed E-state index contributed by atoms with van der Waals surface area (Å²) < 4.78 is 35.8. The van der Waals surface area contributed by atoms with E-state index in [0.717, 1.165) is 35.3 Å². The third-order valence-corrected chi connectivity index (χ3v) is 7.81. The molecule has 0 fully saturated rings. The van der Waals surface area contributed by atoms with Gasteiger partial charge in [-0.25, -0.2) is 0 Å². The zero-order valence-corrected chi connectivity index (χ0v) is 21.2. The molecule has 1 aromatic carbocycles. The van der Waals surface area contributed by atoms with Gasteiger partial charge in [-0.1, -0.05) is 72.8 Å². The molecule has 0 N–H and O–H groups in total. The van der Waals surface area contributed by atoms with E-state index in [1.54, 1.807) is 30.4 Å². The first kappa shape index (κ1) is 26.3. The van der Waals surface area contributed by atoms with Gasteiger partial charge in [0.2, 0.25) is 0 Å². The van der Waals surface area contributed by atoms with Crippen molar-refractivity contribution in [3.63, 3.8) is 0 Å². The molecule has 31 heavy (non-hydrogen) atoms. The fourth-order valence-corrected chi connectivity index (χ4v) is 5.47. The number of rotatable bonds is 14. The van der Waals surface area contributed by atoms with E-state index in [2.05, 4.69) is 40.7 Å².